The molecule has 1 unspecified atom stereocenters. The molecule has 1 aliphatic rings. The number of methoxy groups -OCH3 is 1. The number of carbonyl (C=O) groups is 2. The summed E-state index contributed by atoms with van der Waals surface area (Å²) in [6.45, 7) is 1.91. The first kappa shape index (κ1) is 15.2. The zero-order chi connectivity index (χ0) is 15.3. The van der Waals surface area contributed by atoms with Crippen LogP contribution >= 0.6 is 0 Å². The van der Waals surface area contributed by atoms with Crippen molar-refractivity contribution in [1.82, 2.24) is 0 Å². The molecule has 112 valence electrons. The minimum absolute atomic E-state index is 0.214. The van der Waals surface area contributed by atoms with Gasteiger partial charge < -0.3 is 9.47 Å². The smallest absolute Gasteiger partial charge is 0.343 e. The highest BCUT2D eigenvalue weighted by Gasteiger charge is 2.50. The summed E-state index contributed by atoms with van der Waals surface area (Å²) >= 11 is 0. The summed E-state index contributed by atoms with van der Waals surface area (Å²) in [5, 5.41) is 8.08. The van der Waals surface area contributed by atoms with Crippen LogP contribution in [0.25, 0.3) is 0 Å². The molecular formula is C15H18N2O4. The number of ether oxygens (including phenoxy) is 2. The third-order valence-corrected chi connectivity index (χ3v) is 3.43. The molecule has 1 aromatic carbocycles. The van der Waals surface area contributed by atoms with Crippen LogP contribution < -0.4 is 4.74 Å². The number of rotatable bonds is 5. The minimum atomic E-state index is -1.46. The first-order valence-electron chi connectivity index (χ1n) is 6.90. The average Bonchev–Trinajstić information content (AvgIpc) is 2.88. The fraction of sp³-hybridized carbons (Fsp3) is 0.467. The molecule has 2 rings (SSSR count). The van der Waals surface area contributed by atoms with Crippen molar-refractivity contribution in [3.8, 4) is 5.75 Å². The Morgan fingerprint density at radius 2 is 2.05 bits per heavy atom. The molecule has 6 heteroatoms. The minimum Gasteiger partial charge on any atom is -0.497 e. The van der Waals surface area contributed by atoms with Gasteiger partial charge in [-0.25, -0.2) is 4.79 Å². The molecule has 1 atom stereocenters. The largest absolute Gasteiger partial charge is 0.497 e. The third-order valence-electron chi connectivity index (χ3n) is 3.43. The van der Waals surface area contributed by atoms with Gasteiger partial charge in [-0.15, -0.1) is 0 Å². The number of hydrogen-bond donors (Lipinski definition) is 0. The van der Waals surface area contributed by atoms with E-state index in [1.54, 1.807) is 38.3 Å². The topological polar surface area (TPSA) is 77.3 Å². The van der Waals surface area contributed by atoms with Gasteiger partial charge in [0, 0.05) is 6.42 Å². The predicted molar refractivity (Wildman–Crippen MR) is 75.7 cm³/mol. The van der Waals surface area contributed by atoms with E-state index in [-0.39, 0.29) is 12.4 Å². The van der Waals surface area contributed by atoms with Gasteiger partial charge in [-0.2, -0.15) is 10.2 Å². The summed E-state index contributed by atoms with van der Waals surface area (Å²) in [5.74, 6) is -0.131. The predicted octanol–water partition coefficient (Wildman–Crippen LogP) is 2.83. The van der Waals surface area contributed by atoms with E-state index in [0.29, 0.717) is 30.7 Å². The van der Waals surface area contributed by atoms with Crippen LogP contribution in [0.4, 0.5) is 5.69 Å². The summed E-state index contributed by atoms with van der Waals surface area (Å²) in [6, 6.07) is 6.89. The maximum atomic E-state index is 12.1. The molecule has 1 aromatic rings. The Kier molecular flexibility index (Phi) is 4.67. The first-order chi connectivity index (χ1) is 10.1. The lowest BCUT2D eigenvalue weighted by atomic mass is 9.98. The zero-order valence-electron chi connectivity index (χ0n) is 12.2. The van der Waals surface area contributed by atoms with Crippen molar-refractivity contribution in [2.45, 2.75) is 31.7 Å². The van der Waals surface area contributed by atoms with Gasteiger partial charge in [0.2, 0.25) is 5.54 Å². The van der Waals surface area contributed by atoms with E-state index < -0.39 is 11.5 Å². The first-order valence-corrected chi connectivity index (χ1v) is 6.90. The fourth-order valence-electron chi connectivity index (χ4n) is 2.26. The number of hydrogen-bond acceptors (Lipinski definition) is 6. The number of ketones is 1. The Hall–Kier alpha value is -2.24. The molecule has 0 heterocycles. The van der Waals surface area contributed by atoms with Crippen LogP contribution in [-0.2, 0) is 14.3 Å². The number of esters is 1. The quantitative estimate of drug-likeness (QED) is 0.474. The maximum Gasteiger partial charge on any atom is 0.343 e. The zero-order valence-corrected chi connectivity index (χ0v) is 12.2. The van der Waals surface area contributed by atoms with E-state index >= 15 is 0 Å². The number of nitrogens with zero attached hydrogens (tertiary/aromatic N) is 2. The van der Waals surface area contributed by atoms with Gasteiger partial charge >= 0.3 is 5.97 Å². The van der Waals surface area contributed by atoms with Gasteiger partial charge in [-0.05, 0) is 44.0 Å². The normalized spacial score (nSPS) is 21.7. The van der Waals surface area contributed by atoms with Crippen molar-refractivity contribution in [2.24, 2.45) is 10.2 Å². The molecule has 0 spiro atoms. The molecule has 0 saturated heterocycles. The van der Waals surface area contributed by atoms with Crippen LogP contribution in [0.15, 0.2) is 34.5 Å². The molecule has 6 nitrogen and oxygen atoms in total. The average molecular weight is 290 g/mol. The third kappa shape index (κ3) is 3.09. The SMILES string of the molecule is CCOC(=O)C1(N=Nc2ccc(OC)cc2)CCCC1=O. The van der Waals surface area contributed by atoms with Crippen molar-refractivity contribution >= 4 is 17.4 Å². The van der Waals surface area contributed by atoms with Crippen molar-refractivity contribution in [3.05, 3.63) is 24.3 Å². The van der Waals surface area contributed by atoms with Crippen LogP contribution in [0.3, 0.4) is 0 Å². The Bertz CT molecular complexity index is 553. The highest BCUT2D eigenvalue weighted by molar-refractivity contribution is 6.10. The second-order valence-corrected chi connectivity index (χ2v) is 4.76. The lowest BCUT2D eigenvalue weighted by Crippen LogP contribution is -2.42. The van der Waals surface area contributed by atoms with Crippen molar-refractivity contribution in [3.63, 3.8) is 0 Å². The molecule has 1 saturated carbocycles. The van der Waals surface area contributed by atoms with Crippen LogP contribution in [0.5, 0.6) is 5.75 Å². The highest BCUT2D eigenvalue weighted by atomic mass is 16.5. The number of azo groups is 1. The van der Waals surface area contributed by atoms with Crippen molar-refractivity contribution in [1.29, 1.82) is 0 Å². The van der Waals surface area contributed by atoms with Gasteiger partial charge in [0.15, 0.2) is 5.78 Å². The number of Topliss-reactive ketones (excluding diaryl/α,β-unsaturated/α-hetero) is 1. The van der Waals surface area contributed by atoms with Gasteiger partial charge in [0.05, 0.1) is 19.4 Å². The Morgan fingerprint density at radius 3 is 2.57 bits per heavy atom. The maximum absolute atomic E-state index is 12.1. The van der Waals surface area contributed by atoms with E-state index in [0.717, 1.165) is 0 Å². The van der Waals surface area contributed by atoms with Gasteiger partial charge in [0.1, 0.15) is 5.75 Å². The van der Waals surface area contributed by atoms with E-state index in [9.17, 15) is 9.59 Å². The van der Waals surface area contributed by atoms with Crippen LogP contribution in [0, 0.1) is 0 Å². The van der Waals surface area contributed by atoms with E-state index in [1.807, 2.05) is 0 Å². The van der Waals surface area contributed by atoms with E-state index in [2.05, 4.69) is 10.2 Å². The highest BCUT2D eigenvalue weighted by Crippen LogP contribution is 2.33. The van der Waals surface area contributed by atoms with Gasteiger partial charge in [0.25, 0.3) is 0 Å². The molecule has 0 bridgehead atoms. The molecule has 0 amide bonds. The van der Waals surface area contributed by atoms with Crippen molar-refractivity contribution < 1.29 is 19.1 Å². The molecule has 21 heavy (non-hydrogen) atoms. The van der Waals surface area contributed by atoms with E-state index in [4.69, 9.17) is 9.47 Å². The van der Waals surface area contributed by atoms with Crippen LogP contribution in [0.1, 0.15) is 26.2 Å². The van der Waals surface area contributed by atoms with E-state index in [1.165, 1.54) is 0 Å². The molecule has 0 aromatic heterocycles. The van der Waals surface area contributed by atoms with Crippen molar-refractivity contribution in [2.75, 3.05) is 13.7 Å². The Labute approximate surface area is 123 Å². The monoisotopic (exact) mass is 290 g/mol. The standard InChI is InChI=1S/C15H18N2O4/c1-3-21-14(19)15(10-4-5-13(15)18)17-16-11-6-8-12(20-2)9-7-11/h6-9H,3-5,10H2,1-2H3. The van der Waals surface area contributed by atoms with Gasteiger partial charge in [-0.3, -0.25) is 4.79 Å². The summed E-state index contributed by atoms with van der Waals surface area (Å²) in [4.78, 5) is 24.1. The van der Waals surface area contributed by atoms with Gasteiger partial charge in [-0.1, -0.05) is 0 Å². The fourth-order valence-corrected chi connectivity index (χ4v) is 2.26. The Morgan fingerprint density at radius 1 is 1.33 bits per heavy atom. The van der Waals surface area contributed by atoms with Crippen LogP contribution in [-0.4, -0.2) is 31.0 Å². The second-order valence-electron chi connectivity index (χ2n) is 4.76. The molecular weight excluding hydrogens is 272 g/mol. The molecule has 0 N–H and O–H groups in total. The molecule has 0 aliphatic heterocycles. The Balaban J connectivity index is 2.24. The molecule has 0 radical (unpaired) electrons. The lowest BCUT2D eigenvalue weighted by Gasteiger charge is -2.18. The molecule has 1 aliphatic carbocycles. The molecule has 1 fully saturated rings. The number of benzene rings is 1. The summed E-state index contributed by atoms with van der Waals surface area (Å²) in [7, 11) is 1.57. The van der Waals surface area contributed by atoms with Crippen LogP contribution in [0.2, 0.25) is 0 Å². The summed E-state index contributed by atoms with van der Waals surface area (Å²) in [5.41, 5.74) is -0.908. The number of carbonyl (C=O) groups excluding carboxylic acids is 2. The second kappa shape index (κ2) is 6.47. The summed E-state index contributed by atoms with van der Waals surface area (Å²) in [6.07, 6.45) is 1.31. The summed E-state index contributed by atoms with van der Waals surface area (Å²) < 4.78 is 10.0. The lowest BCUT2D eigenvalue weighted by molar-refractivity contribution is -0.152.